The first-order chi connectivity index (χ1) is 11.1. The molecule has 2 heterocycles. The van der Waals surface area contributed by atoms with E-state index in [1.807, 2.05) is 41.5 Å². The Hall–Kier alpha value is 0.370. The highest BCUT2D eigenvalue weighted by molar-refractivity contribution is 8.07. The number of ether oxygens (including phenoxy) is 4. The topological polar surface area (TPSA) is 64.6 Å². The van der Waals surface area contributed by atoms with Crippen molar-refractivity contribution in [3.63, 3.8) is 0 Å². The fraction of sp³-hybridized carbons (Fsp3) is 1.00. The third-order valence-corrected chi connectivity index (χ3v) is 6.15. The lowest BCUT2D eigenvalue weighted by Crippen LogP contribution is -2.40. The monoisotopic (exact) mass is 384 g/mol. The Labute approximate surface area is 149 Å². The van der Waals surface area contributed by atoms with Crippen molar-refractivity contribution in [3.05, 3.63) is 0 Å². The summed E-state index contributed by atoms with van der Waals surface area (Å²) in [5.74, 6) is -1.36. The van der Waals surface area contributed by atoms with Crippen LogP contribution in [-0.4, -0.2) is 56.3 Å². The van der Waals surface area contributed by atoms with Crippen LogP contribution in [0.4, 0.5) is 0 Å². The summed E-state index contributed by atoms with van der Waals surface area (Å²) < 4.78 is 40.4. The van der Waals surface area contributed by atoms with Gasteiger partial charge in [0.1, 0.15) is 18.3 Å². The first-order valence-corrected chi connectivity index (χ1v) is 10.9. The fourth-order valence-electron chi connectivity index (χ4n) is 2.78. The molecule has 2 rings (SSSR count). The van der Waals surface area contributed by atoms with Gasteiger partial charge in [0.15, 0.2) is 11.6 Å². The summed E-state index contributed by atoms with van der Waals surface area (Å²) in [5, 5.41) is 0. The highest BCUT2D eigenvalue weighted by atomic mass is 32.5. The molecule has 0 bridgehead atoms. The Morgan fingerprint density at radius 2 is 1.58 bits per heavy atom. The van der Waals surface area contributed by atoms with Gasteiger partial charge in [-0.2, -0.15) is 0 Å². The Morgan fingerprint density at radius 1 is 0.958 bits per heavy atom. The van der Waals surface area contributed by atoms with Gasteiger partial charge in [-0.25, -0.2) is 0 Å². The minimum atomic E-state index is -2.77. The zero-order valence-electron chi connectivity index (χ0n) is 15.3. The Kier molecular flexibility index (Phi) is 6.84. The van der Waals surface area contributed by atoms with Crippen LogP contribution in [0.3, 0.4) is 0 Å². The van der Waals surface area contributed by atoms with E-state index in [-0.39, 0.29) is 24.9 Å². The second-order valence-electron chi connectivity index (χ2n) is 6.58. The molecule has 0 N–H and O–H groups in total. The molecule has 2 fully saturated rings. The van der Waals surface area contributed by atoms with E-state index in [1.54, 1.807) is 0 Å². The zero-order valence-corrected chi connectivity index (χ0v) is 17.0. The van der Waals surface area contributed by atoms with Crippen LogP contribution in [0.2, 0.25) is 0 Å². The van der Waals surface area contributed by atoms with Crippen molar-refractivity contribution >= 4 is 18.5 Å². The summed E-state index contributed by atoms with van der Waals surface area (Å²) in [6, 6.07) is 0. The van der Waals surface area contributed by atoms with Crippen LogP contribution >= 0.6 is 6.72 Å². The van der Waals surface area contributed by atoms with E-state index >= 15 is 0 Å². The van der Waals surface area contributed by atoms with E-state index in [1.165, 1.54) is 0 Å². The fourth-order valence-corrected chi connectivity index (χ4v) is 4.78. The van der Waals surface area contributed by atoms with Crippen molar-refractivity contribution in [3.8, 4) is 0 Å². The predicted octanol–water partition coefficient (Wildman–Crippen LogP) is 2.97. The van der Waals surface area contributed by atoms with E-state index in [4.69, 9.17) is 44.3 Å². The maximum Gasteiger partial charge on any atom is 0.327 e. The van der Waals surface area contributed by atoms with Crippen molar-refractivity contribution in [1.82, 2.24) is 0 Å². The van der Waals surface area contributed by atoms with Gasteiger partial charge in [0, 0.05) is 0 Å². The van der Waals surface area contributed by atoms with Gasteiger partial charge in [0.25, 0.3) is 0 Å². The van der Waals surface area contributed by atoms with E-state index in [0.717, 1.165) is 0 Å². The second kappa shape index (κ2) is 7.94. The lowest BCUT2D eigenvalue weighted by atomic mass is 10.1. The van der Waals surface area contributed by atoms with E-state index in [0.29, 0.717) is 19.8 Å². The maximum atomic E-state index is 6.01. The molecule has 0 radical (unpaired) electrons. The molecule has 24 heavy (non-hydrogen) atoms. The molecule has 9 heteroatoms. The van der Waals surface area contributed by atoms with Crippen LogP contribution in [0.25, 0.3) is 0 Å². The summed E-state index contributed by atoms with van der Waals surface area (Å²) in [6.07, 6.45) is -0.883. The molecule has 0 aromatic rings. The summed E-state index contributed by atoms with van der Waals surface area (Å²) in [4.78, 5) is 0. The molecule has 0 aliphatic carbocycles. The highest BCUT2D eigenvalue weighted by Gasteiger charge is 2.50. The molecule has 3 atom stereocenters. The molecule has 142 valence electrons. The van der Waals surface area contributed by atoms with Crippen LogP contribution in [0.5, 0.6) is 0 Å². The number of hydrogen-bond donors (Lipinski definition) is 0. The van der Waals surface area contributed by atoms with Crippen LogP contribution in [0.15, 0.2) is 0 Å². The smallest absolute Gasteiger partial charge is 0.327 e. The molecule has 0 aromatic carbocycles. The average molecular weight is 384 g/mol. The lowest BCUT2D eigenvalue weighted by molar-refractivity contribution is -0.174. The van der Waals surface area contributed by atoms with E-state index in [9.17, 15) is 0 Å². The Bertz CT molecular complexity index is 461. The SMILES string of the molecule is CCOP(=S)(OCC)OC[C@H]1OC(C)(C)O[C@@H]1[C@@H]1COC(C)(C)O1. The van der Waals surface area contributed by atoms with Crippen LogP contribution in [0.1, 0.15) is 41.5 Å². The molecule has 0 unspecified atom stereocenters. The minimum absolute atomic E-state index is 0.214. The maximum absolute atomic E-state index is 6.01. The summed E-state index contributed by atoms with van der Waals surface area (Å²) >= 11 is 5.39. The van der Waals surface area contributed by atoms with Crippen LogP contribution < -0.4 is 0 Å². The van der Waals surface area contributed by atoms with Crippen LogP contribution in [-0.2, 0) is 44.3 Å². The summed E-state index contributed by atoms with van der Waals surface area (Å²) in [7, 11) is 0. The molecular formula is C15H29O7PS. The van der Waals surface area contributed by atoms with Crippen molar-refractivity contribution in [2.24, 2.45) is 0 Å². The Morgan fingerprint density at radius 3 is 2.08 bits per heavy atom. The van der Waals surface area contributed by atoms with Gasteiger partial charge in [-0.05, 0) is 53.3 Å². The van der Waals surface area contributed by atoms with Crippen molar-refractivity contribution < 1.29 is 32.5 Å². The third-order valence-electron chi connectivity index (χ3n) is 3.59. The van der Waals surface area contributed by atoms with Crippen molar-refractivity contribution in [1.29, 1.82) is 0 Å². The molecule has 0 amide bonds. The predicted molar refractivity (Wildman–Crippen MR) is 92.2 cm³/mol. The van der Waals surface area contributed by atoms with E-state index < -0.39 is 18.3 Å². The van der Waals surface area contributed by atoms with Gasteiger partial charge in [-0.15, -0.1) is 0 Å². The summed E-state index contributed by atoms with van der Waals surface area (Å²) in [6.45, 7) is 9.95. The van der Waals surface area contributed by atoms with Gasteiger partial charge < -0.3 is 32.5 Å². The molecule has 2 aliphatic rings. The third kappa shape index (κ3) is 5.43. The van der Waals surface area contributed by atoms with Crippen molar-refractivity contribution in [2.75, 3.05) is 26.4 Å². The highest BCUT2D eigenvalue weighted by Crippen LogP contribution is 2.50. The first kappa shape index (κ1) is 20.7. The summed E-state index contributed by atoms with van der Waals surface area (Å²) in [5.41, 5.74) is 0. The Balaban J connectivity index is 2.02. The zero-order chi connectivity index (χ0) is 18.0. The molecule has 7 nitrogen and oxygen atoms in total. The molecule has 0 aromatic heterocycles. The quantitative estimate of drug-likeness (QED) is 0.592. The average Bonchev–Trinajstić information content (AvgIpc) is 2.96. The lowest BCUT2D eigenvalue weighted by Gasteiger charge is -2.26. The van der Waals surface area contributed by atoms with E-state index in [2.05, 4.69) is 0 Å². The molecule has 0 saturated carbocycles. The molecule has 2 saturated heterocycles. The van der Waals surface area contributed by atoms with Gasteiger partial charge in [0.05, 0.1) is 26.4 Å². The molecule has 2 aliphatic heterocycles. The van der Waals surface area contributed by atoms with Gasteiger partial charge in [-0.1, -0.05) is 0 Å². The minimum Gasteiger partial charge on any atom is -0.348 e. The first-order valence-electron chi connectivity index (χ1n) is 8.31. The molecule has 0 spiro atoms. The largest absolute Gasteiger partial charge is 0.348 e. The van der Waals surface area contributed by atoms with Crippen LogP contribution in [0, 0.1) is 0 Å². The standard InChI is InChI=1S/C15H29O7PS/c1-7-17-23(24,18-8-2)19-10-12-13(22-15(5,6)21-12)11-9-16-14(3,4)20-11/h11-13H,7-10H2,1-6H3/t11-,12+,13+/m0/s1. The number of rotatable bonds is 8. The van der Waals surface area contributed by atoms with Gasteiger partial charge in [0.2, 0.25) is 0 Å². The van der Waals surface area contributed by atoms with Gasteiger partial charge >= 0.3 is 6.72 Å². The van der Waals surface area contributed by atoms with Crippen molar-refractivity contribution in [2.45, 2.75) is 71.4 Å². The number of hydrogen-bond acceptors (Lipinski definition) is 8. The van der Waals surface area contributed by atoms with Gasteiger partial charge in [-0.3, -0.25) is 0 Å². The normalized spacial score (nSPS) is 32.3. The second-order valence-corrected chi connectivity index (χ2v) is 9.59. The molecular weight excluding hydrogens is 355 g/mol.